The molecule has 0 spiro atoms. The van der Waals surface area contributed by atoms with Gasteiger partial charge in [-0.05, 0) is 58.7 Å². The van der Waals surface area contributed by atoms with Gasteiger partial charge in [0.25, 0.3) is 0 Å². The van der Waals surface area contributed by atoms with Crippen molar-refractivity contribution in [3.05, 3.63) is 139 Å². The number of nitrogens with one attached hydrogen (secondary N) is 2. The molecule has 44 heavy (non-hydrogen) atoms. The molecule has 210 valence electrons. The highest BCUT2D eigenvalue weighted by Gasteiger charge is 2.35. The van der Waals surface area contributed by atoms with Gasteiger partial charge in [0.05, 0.1) is 22.1 Å². The molecule has 0 aliphatic heterocycles. The summed E-state index contributed by atoms with van der Waals surface area (Å²) >= 11 is 0. The monoisotopic (exact) mass is 567 g/mol. The molecule has 3 aromatic heterocycles. The normalized spacial score (nSPS) is 13.4. The summed E-state index contributed by atoms with van der Waals surface area (Å²) in [4.78, 5) is 3.45. The van der Waals surface area contributed by atoms with Crippen molar-refractivity contribution in [3.8, 4) is 22.4 Å². The van der Waals surface area contributed by atoms with Crippen molar-refractivity contribution in [3.63, 3.8) is 0 Å². The molecule has 10 rings (SSSR count). The van der Waals surface area contributed by atoms with Gasteiger partial charge in [-0.15, -0.1) is 0 Å². The van der Waals surface area contributed by atoms with Crippen LogP contribution in [0, 0.1) is 0 Å². The first-order valence-corrected chi connectivity index (χ1v) is 15.1. The molecule has 0 fully saturated rings. The van der Waals surface area contributed by atoms with E-state index in [2.05, 4.69) is 132 Å². The number of hydrogen-bond acceptors (Lipinski definition) is 2. The van der Waals surface area contributed by atoms with Gasteiger partial charge in [-0.1, -0.05) is 105 Å². The average Bonchev–Trinajstić information content (AvgIpc) is 3.81. The molecule has 3 heterocycles. The number of nitrogens with zero attached hydrogens (tertiary/aromatic N) is 1. The third-order valence-electron chi connectivity index (χ3n) is 9.34. The fourth-order valence-electron chi connectivity index (χ4n) is 7.15. The zero-order chi connectivity index (χ0) is 29.4. The lowest BCUT2D eigenvalue weighted by Gasteiger charge is -2.21. The van der Waals surface area contributed by atoms with Crippen molar-refractivity contribution in [2.75, 3.05) is 0 Å². The van der Waals surface area contributed by atoms with E-state index in [1.807, 2.05) is 24.3 Å². The van der Waals surface area contributed by atoms with Crippen LogP contribution in [0.3, 0.4) is 0 Å². The Kier molecular flexibility index (Phi) is 5.21. The predicted octanol–water partition coefficient (Wildman–Crippen LogP) is 10.8. The number of benzene rings is 6. The minimum atomic E-state index is 0.0219. The number of furan rings is 1. The van der Waals surface area contributed by atoms with Crippen molar-refractivity contribution in [2.45, 2.75) is 19.3 Å². The molecule has 9 aromatic rings. The van der Waals surface area contributed by atoms with E-state index < -0.39 is 0 Å². The number of hydrogen-bond donors (Lipinski definition) is 2. The highest BCUT2D eigenvalue weighted by atomic mass is 16.3. The smallest absolute Gasteiger partial charge is 0.145 e. The largest absolute Gasteiger partial charge is 0.455 e. The molecule has 0 bridgehead atoms. The third-order valence-corrected chi connectivity index (χ3v) is 9.34. The van der Waals surface area contributed by atoms with Gasteiger partial charge < -0.3 is 9.40 Å². The van der Waals surface area contributed by atoms with Gasteiger partial charge in [0.1, 0.15) is 11.2 Å². The van der Waals surface area contributed by atoms with Crippen LogP contribution in [0.15, 0.2) is 132 Å². The van der Waals surface area contributed by atoms with Crippen LogP contribution in [0.4, 0.5) is 0 Å². The Hall–Kier alpha value is -5.61. The number of fused-ring (bicyclic) bond motifs is 11. The maximum atomic E-state index is 6.11. The lowest BCUT2D eigenvalue weighted by atomic mass is 9.82. The van der Waals surface area contributed by atoms with E-state index in [4.69, 9.17) is 4.42 Å². The molecule has 0 saturated heterocycles. The number of para-hydroxylation sites is 3. The maximum absolute atomic E-state index is 6.11. The van der Waals surface area contributed by atoms with E-state index >= 15 is 0 Å². The number of aromatic amines is 2. The van der Waals surface area contributed by atoms with Crippen LogP contribution in [-0.2, 0) is 5.41 Å². The summed E-state index contributed by atoms with van der Waals surface area (Å²) in [7, 11) is 0. The summed E-state index contributed by atoms with van der Waals surface area (Å²) in [6, 6.07) is 44.6. The minimum Gasteiger partial charge on any atom is -0.455 e. The van der Waals surface area contributed by atoms with Crippen molar-refractivity contribution >= 4 is 54.6 Å². The molecule has 0 amide bonds. The number of H-pyrrole nitrogens is 2. The lowest BCUT2D eigenvalue weighted by molar-refractivity contribution is 0.660. The molecule has 1 aliphatic rings. The summed E-state index contributed by atoms with van der Waals surface area (Å²) in [6.45, 7) is 4.62. The average molecular weight is 568 g/mol. The van der Waals surface area contributed by atoms with Gasteiger partial charge in [-0.25, -0.2) is 0 Å². The Morgan fingerprint density at radius 3 is 2.16 bits per heavy atom. The fraction of sp³-hybridized carbons (Fsp3) is 0.0750. The van der Waals surface area contributed by atoms with Crippen LogP contribution >= 0.6 is 0 Å². The zero-order valence-corrected chi connectivity index (χ0v) is 24.5. The first-order valence-electron chi connectivity index (χ1n) is 15.1. The second kappa shape index (κ2) is 9.19. The van der Waals surface area contributed by atoms with E-state index in [1.165, 1.54) is 54.7 Å². The first-order chi connectivity index (χ1) is 21.6. The van der Waals surface area contributed by atoms with Gasteiger partial charge >= 0.3 is 0 Å². The Morgan fingerprint density at radius 1 is 0.568 bits per heavy atom. The molecule has 0 atom stereocenters. The topological polar surface area (TPSA) is 57.6 Å². The molecule has 0 radical (unpaired) electrons. The van der Waals surface area contributed by atoms with Crippen LogP contribution in [-0.4, -0.2) is 15.2 Å². The van der Waals surface area contributed by atoms with Crippen LogP contribution < -0.4 is 0 Å². The van der Waals surface area contributed by atoms with Gasteiger partial charge in [0.2, 0.25) is 0 Å². The molecular weight excluding hydrogens is 538 g/mol. The second-order valence-electron chi connectivity index (χ2n) is 12.2. The summed E-state index contributed by atoms with van der Waals surface area (Å²) in [6.07, 6.45) is 0. The number of aromatic nitrogens is 3. The van der Waals surface area contributed by atoms with E-state index in [0.29, 0.717) is 0 Å². The highest BCUT2D eigenvalue weighted by Crippen LogP contribution is 2.49. The molecule has 4 nitrogen and oxygen atoms in total. The van der Waals surface area contributed by atoms with Crippen molar-refractivity contribution in [1.29, 1.82) is 0 Å². The molecule has 0 unspecified atom stereocenters. The maximum Gasteiger partial charge on any atom is 0.145 e. The Labute approximate surface area is 254 Å². The van der Waals surface area contributed by atoms with Gasteiger partial charge in [-0.2, -0.15) is 5.10 Å². The molecule has 6 aromatic carbocycles. The highest BCUT2D eigenvalue weighted by molar-refractivity contribution is 6.22. The van der Waals surface area contributed by atoms with Crippen molar-refractivity contribution < 1.29 is 4.42 Å². The minimum absolute atomic E-state index is 0.0219. The molecule has 1 aliphatic carbocycles. The van der Waals surface area contributed by atoms with Gasteiger partial charge in [0, 0.05) is 38.0 Å². The Bertz CT molecular complexity index is 2540. The second-order valence-corrected chi connectivity index (χ2v) is 12.2. The van der Waals surface area contributed by atoms with E-state index in [1.54, 1.807) is 0 Å². The summed E-state index contributed by atoms with van der Waals surface area (Å²) in [5.74, 6) is 0. The van der Waals surface area contributed by atoms with Gasteiger partial charge in [-0.3, -0.25) is 5.10 Å². The zero-order valence-electron chi connectivity index (χ0n) is 24.5. The van der Waals surface area contributed by atoms with Crippen molar-refractivity contribution in [1.82, 2.24) is 15.2 Å². The summed E-state index contributed by atoms with van der Waals surface area (Å²) in [5, 5.41) is 13.6. The van der Waals surface area contributed by atoms with Crippen LogP contribution in [0.1, 0.15) is 25.0 Å². The van der Waals surface area contributed by atoms with Crippen LogP contribution in [0.2, 0.25) is 0 Å². The third kappa shape index (κ3) is 3.54. The molecular formula is C40H29N3O. The van der Waals surface area contributed by atoms with Crippen LogP contribution in [0.25, 0.3) is 77.0 Å². The standard InChI is InChI=1S/C22H18N2.C18H11NO/c1-22(2)18-9-5-3-7-15(18)16-12-11-14(13-19(16)22)21-17-8-4-6-10-20(17)23-24-21;1-3-7-14-13(6-1)17-15(19-14)10-9-12-11-5-2-4-8-16(11)20-18(12)17/h3-13H,1-2H3,(H,23,24);1-10,19H. The van der Waals surface area contributed by atoms with Gasteiger partial charge in [0.15, 0.2) is 0 Å². The van der Waals surface area contributed by atoms with E-state index in [-0.39, 0.29) is 5.41 Å². The van der Waals surface area contributed by atoms with Crippen LogP contribution in [0.5, 0.6) is 0 Å². The summed E-state index contributed by atoms with van der Waals surface area (Å²) < 4.78 is 6.11. The van der Waals surface area contributed by atoms with E-state index in [9.17, 15) is 0 Å². The quantitative estimate of drug-likeness (QED) is 0.207. The lowest BCUT2D eigenvalue weighted by Crippen LogP contribution is -2.14. The number of rotatable bonds is 1. The molecule has 2 N–H and O–H groups in total. The Balaban J connectivity index is 0.000000125. The molecule has 0 saturated carbocycles. The Morgan fingerprint density at radius 2 is 1.27 bits per heavy atom. The molecule has 4 heteroatoms. The van der Waals surface area contributed by atoms with E-state index in [0.717, 1.165) is 33.4 Å². The SMILES string of the molecule is CC1(C)c2ccccc2-c2ccc(-c3n[nH]c4ccccc34)cc21.c1ccc2c(c1)[nH]c1ccc3c4ccccc4oc3c12. The summed E-state index contributed by atoms with van der Waals surface area (Å²) in [5.41, 5.74) is 13.0. The van der Waals surface area contributed by atoms with Crippen molar-refractivity contribution in [2.24, 2.45) is 0 Å². The predicted molar refractivity (Wildman–Crippen MR) is 182 cm³/mol. The fourth-order valence-corrected chi connectivity index (χ4v) is 7.15. The first kappa shape index (κ1) is 24.9.